The number of benzene rings is 1. The topological polar surface area (TPSA) is 115 Å². The lowest BCUT2D eigenvalue weighted by Gasteiger charge is -2.13. The Morgan fingerprint density at radius 2 is 1.78 bits per heavy atom. The van der Waals surface area contributed by atoms with Gasteiger partial charge in [-0.05, 0) is 37.6 Å². The van der Waals surface area contributed by atoms with Crippen LogP contribution in [0, 0.1) is 17.0 Å². The molecule has 0 saturated heterocycles. The van der Waals surface area contributed by atoms with Crippen LogP contribution in [0.2, 0.25) is 0 Å². The maximum Gasteiger partial charge on any atom is 0.353 e. The molecule has 0 bridgehead atoms. The van der Waals surface area contributed by atoms with Crippen LogP contribution in [0.25, 0.3) is 0 Å². The van der Waals surface area contributed by atoms with Crippen molar-refractivity contribution in [3.05, 3.63) is 64.6 Å². The van der Waals surface area contributed by atoms with Gasteiger partial charge in [0.15, 0.2) is 0 Å². The van der Waals surface area contributed by atoms with Gasteiger partial charge in [-0.1, -0.05) is 18.2 Å². The van der Waals surface area contributed by atoms with Gasteiger partial charge in [-0.25, -0.2) is 15.0 Å². The van der Waals surface area contributed by atoms with Gasteiger partial charge in [-0.2, -0.15) is 0 Å². The lowest BCUT2D eigenvalue weighted by molar-refractivity contribution is -0.383. The van der Waals surface area contributed by atoms with Crippen LogP contribution in [-0.4, -0.2) is 26.5 Å². The van der Waals surface area contributed by atoms with Crippen molar-refractivity contribution >= 4 is 28.8 Å². The molecule has 2 heterocycles. The zero-order valence-electron chi connectivity index (χ0n) is 14.8. The van der Waals surface area contributed by atoms with E-state index < -0.39 is 4.92 Å². The summed E-state index contributed by atoms with van der Waals surface area (Å²) >= 11 is 0. The molecule has 3 aromatic rings. The van der Waals surface area contributed by atoms with E-state index in [0.717, 1.165) is 5.56 Å². The molecule has 2 N–H and O–H groups in total. The fourth-order valence-corrected chi connectivity index (χ4v) is 2.44. The summed E-state index contributed by atoms with van der Waals surface area (Å²) in [4.78, 5) is 23.4. The normalized spacial score (nSPS) is 10.3. The Balaban J connectivity index is 2.00. The predicted molar refractivity (Wildman–Crippen MR) is 102 cm³/mol. The summed E-state index contributed by atoms with van der Waals surface area (Å²) in [6.45, 7) is 4.18. The zero-order chi connectivity index (χ0) is 19.2. The number of para-hydroxylation sites is 2. The second kappa shape index (κ2) is 8.09. The number of nitrogens with one attached hydrogen (secondary N) is 2. The summed E-state index contributed by atoms with van der Waals surface area (Å²) < 4.78 is 5.55. The van der Waals surface area contributed by atoms with Crippen molar-refractivity contribution in [2.45, 2.75) is 13.8 Å². The number of nitro groups is 1. The van der Waals surface area contributed by atoms with Gasteiger partial charge in [0.25, 0.3) is 0 Å². The van der Waals surface area contributed by atoms with Gasteiger partial charge >= 0.3 is 5.69 Å². The second-order valence-corrected chi connectivity index (χ2v) is 5.52. The Labute approximate surface area is 155 Å². The molecule has 0 radical (unpaired) electrons. The molecular formula is C18H18N6O3. The maximum absolute atomic E-state index is 11.7. The summed E-state index contributed by atoms with van der Waals surface area (Å²) in [6.07, 6.45) is 2.85. The lowest BCUT2D eigenvalue weighted by Crippen LogP contribution is -2.07. The van der Waals surface area contributed by atoms with Gasteiger partial charge < -0.3 is 15.4 Å². The van der Waals surface area contributed by atoms with E-state index in [0.29, 0.717) is 23.9 Å². The number of ether oxygens (including phenoxy) is 1. The number of pyridine rings is 1. The summed E-state index contributed by atoms with van der Waals surface area (Å²) in [5, 5.41) is 17.6. The highest BCUT2D eigenvalue weighted by Crippen LogP contribution is 2.35. The molecule has 0 spiro atoms. The van der Waals surface area contributed by atoms with Crippen LogP contribution < -0.4 is 15.4 Å². The number of hydrogen-bond acceptors (Lipinski definition) is 8. The largest absolute Gasteiger partial charge is 0.492 e. The standard InChI is InChI=1S/C18H18N6O3/c1-3-27-14-9-5-4-8-13(14)22-17-15(24(25)26)18(21-11-20-17)23-16-12(2)7-6-10-19-16/h4-11H,3H2,1-2H3,(H2,19,20,21,22,23). The van der Waals surface area contributed by atoms with Gasteiger partial charge in [0.05, 0.1) is 17.2 Å². The minimum atomic E-state index is -0.535. The third-order valence-corrected chi connectivity index (χ3v) is 3.69. The van der Waals surface area contributed by atoms with E-state index in [1.165, 1.54) is 6.33 Å². The molecule has 0 fully saturated rings. The molecule has 3 rings (SSSR count). The Kier molecular flexibility index (Phi) is 5.41. The zero-order valence-corrected chi connectivity index (χ0v) is 14.8. The van der Waals surface area contributed by atoms with Gasteiger partial charge in [0.1, 0.15) is 17.9 Å². The van der Waals surface area contributed by atoms with E-state index in [1.54, 1.807) is 30.5 Å². The molecule has 9 nitrogen and oxygen atoms in total. The molecule has 0 aliphatic carbocycles. The van der Waals surface area contributed by atoms with Crippen molar-refractivity contribution in [3.8, 4) is 5.75 Å². The van der Waals surface area contributed by atoms with Crippen LogP contribution in [0.4, 0.5) is 28.8 Å². The van der Waals surface area contributed by atoms with Crippen molar-refractivity contribution in [1.82, 2.24) is 15.0 Å². The number of aryl methyl sites for hydroxylation is 1. The van der Waals surface area contributed by atoms with E-state index in [-0.39, 0.29) is 17.3 Å². The SMILES string of the molecule is CCOc1ccccc1Nc1ncnc(Nc2ncccc2C)c1[N+](=O)[O-]. The predicted octanol–water partition coefficient (Wildman–Crippen LogP) is 3.97. The summed E-state index contributed by atoms with van der Waals surface area (Å²) in [5.74, 6) is 1.16. The van der Waals surface area contributed by atoms with Crippen LogP contribution in [0.5, 0.6) is 5.75 Å². The molecule has 9 heteroatoms. The number of aromatic nitrogens is 3. The van der Waals surface area contributed by atoms with Crippen LogP contribution in [0.15, 0.2) is 48.9 Å². The third kappa shape index (κ3) is 4.09. The fraction of sp³-hybridized carbons (Fsp3) is 0.167. The maximum atomic E-state index is 11.7. The number of nitrogens with zero attached hydrogens (tertiary/aromatic N) is 4. The van der Waals surface area contributed by atoms with Crippen molar-refractivity contribution in [2.75, 3.05) is 17.2 Å². The fourth-order valence-electron chi connectivity index (χ4n) is 2.44. The molecule has 138 valence electrons. The van der Waals surface area contributed by atoms with E-state index in [4.69, 9.17) is 4.74 Å². The number of rotatable bonds is 7. The number of anilines is 4. The minimum Gasteiger partial charge on any atom is -0.492 e. The van der Waals surface area contributed by atoms with Crippen LogP contribution in [-0.2, 0) is 0 Å². The average Bonchev–Trinajstić information content (AvgIpc) is 2.65. The highest BCUT2D eigenvalue weighted by Gasteiger charge is 2.24. The van der Waals surface area contributed by atoms with E-state index in [2.05, 4.69) is 25.6 Å². The highest BCUT2D eigenvalue weighted by molar-refractivity contribution is 5.78. The Bertz CT molecular complexity index is 963. The molecule has 0 saturated carbocycles. The van der Waals surface area contributed by atoms with Crippen LogP contribution in [0.3, 0.4) is 0 Å². The summed E-state index contributed by atoms with van der Waals surface area (Å²) in [7, 11) is 0. The Hall–Kier alpha value is -3.75. The molecule has 0 aliphatic rings. The molecular weight excluding hydrogens is 348 g/mol. The molecule has 0 atom stereocenters. The molecule has 1 aromatic carbocycles. The van der Waals surface area contributed by atoms with E-state index in [9.17, 15) is 10.1 Å². The van der Waals surface area contributed by atoms with Gasteiger partial charge in [-0.3, -0.25) is 10.1 Å². The quantitative estimate of drug-likeness (QED) is 0.477. The Morgan fingerprint density at radius 1 is 1.04 bits per heavy atom. The van der Waals surface area contributed by atoms with Crippen molar-refractivity contribution < 1.29 is 9.66 Å². The molecule has 0 amide bonds. The monoisotopic (exact) mass is 366 g/mol. The summed E-state index contributed by atoms with van der Waals surface area (Å²) in [5.41, 5.74) is 1.12. The van der Waals surface area contributed by atoms with Crippen molar-refractivity contribution in [1.29, 1.82) is 0 Å². The van der Waals surface area contributed by atoms with Crippen molar-refractivity contribution in [2.24, 2.45) is 0 Å². The van der Waals surface area contributed by atoms with Crippen LogP contribution in [0.1, 0.15) is 12.5 Å². The smallest absolute Gasteiger partial charge is 0.353 e. The second-order valence-electron chi connectivity index (χ2n) is 5.52. The summed E-state index contributed by atoms with van der Waals surface area (Å²) in [6, 6.07) is 10.8. The molecule has 27 heavy (non-hydrogen) atoms. The van der Waals surface area contributed by atoms with Gasteiger partial charge in [-0.15, -0.1) is 0 Å². The first-order valence-corrected chi connectivity index (χ1v) is 8.27. The molecule has 2 aromatic heterocycles. The van der Waals surface area contributed by atoms with Gasteiger partial charge in [0, 0.05) is 6.20 Å². The van der Waals surface area contributed by atoms with Gasteiger partial charge in [0.2, 0.25) is 11.6 Å². The van der Waals surface area contributed by atoms with Crippen molar-refractivity contribution in [3.63, 3.8) is 0 Å². The minimum absolute atomic E-state index is 0.0493. The first kappa shape index (κ1) is 18.1. The van der Waals surface area contributed by atoms with E-state index in [1.807, 2.05) is 26.0 Å². The average molecular weight is 366 g/mol. The highest BCUT2D eigenvalue weighted by atomic mass is 16.6. The molecule has 0 unspecified atom stereocenters. The molecule has 0 aliphatic heterocycles. The first-order valence-electron chi connectivity index (χ1n) is 8.27. The third-order valence-electron chi connectivity index (χ3n) is 3.69. The van der Waals surface area contributed by atoms with Crippen LogP contribution >= 0.6 is 0 Å². The lowest BCUT2D eigenvalue weighted by atomic mass is 10.2. The first-order chi connectivity index (χ1) is 13.1. The van der Waals surface area contributed by atoms with E-state index >= 15 is 0 Å². The number of hydrogen-bond donors (Lipinski definition) is 2. The Morgan fingerprint density at radius 3 is 2.48 bits per heavy atom.